The lowest BCUT2D eigenvalue weighted by atomic mass is 10.1. The number of imidazole rings is 1. The number of aryl methyl sites for hydroxylation is 1. The highest BCUT2D eigenvalue weighted by atomic mass is 19.1. The molecule has 3 aromatic rings. The van der Waals surface area contributed by atoms with E-state index in [9.17, 15) is 4.39 Å². The maximum atomic E-state index is 13.6. The molecule has 0 spiro atoms. The quantitative estimate of drug-likeness (QED) is 0.766. The topological polar surface area (TPSA) is 88.1 Å². The molecule has 0 saturated heterocycles. The molecule has 0 bridgehead atoms. The summed E-state index contributed by atoms with van der Waals surface area (Å²) >= 11 is 0. The van der Waals surface area contributed by atoms with Gasteiger partial charge in [-0.2, -0.15) is 0 Å². The average Bonchev–Trinajstić information content (AvgIpc) is 3.03. The van der Waals surface area contributed by atoms with Gasteiger partial charge in [0.2, 0.25) is 0 Å². The number of halogens is 1. The molecule has 130 valence electrons. The van der Waals surface area contributed by atoms with Gasteiger partial charge in [-0.1, -0.05) is 0 Å². The second kappa shape index (κ2) is 6.76. The Morgan fingerprint density at radius 1 is 1.24 bits per heavy atom. The Balaban J connectivity index is 1.91. The van der Waals surface area contributed by atoms with Crippen molar-refractivity contribution in [1.29, 1.82) is 0 Å². The Kier molecular flexibility index (Phi) is 4.51. The Hall–Kier alpha value is -3.16. The van der Waals surface area contributed by atoms with Gasteiger partial charge in [0.05, 0.1) is 19.6 Å². The summed E-state index contributed by atoms with van der Waals surface area (Å²) in [6.45, 7) is 1.76. The molecule has 1 aromatic carbocycles. The SMILES string of the molecule is COc1ccc(F)cc1C(C)Oc1nc(-c2cn(C)cn2)cnc1N. The second-order valence-electron chi connectivity index (χ2n) is 5.52. The number of anilines is 1. The molecule has 25 heavy (non-hydrogen) atoms. The average molecular weight is 343 g/mol. The molecule has 1 unspecified atom stereocenters. The van der Waals surface area contributed by atoms with E-state index in [0.717, 1.165) is 0 Å². The van der Waals surface area contributed by atoms with E-state index in [-0.39, 0.29) is 17.5 Å². The highest BCUT2D eigenvalue weighted by Crippen LogP contribution is 2.31. The van der Waals surface area contributed by atoms with Crippen LogP contribution in [0.4, 0.5) is 10.2 Å². The predicted molar refractivity (Wildman–Crippen MR) is 90.6 cm³/mol. The van der Waals surface area contributed by atoms with Crippen LogP contribution < -0.4 is 15.2 Å². The van der Waals surface area contributed by atoms with Crippen LogP contribution >= 0.6 is 0 Å². The summed E-state index contributed by atoms with van der Waals surface area (Å²) in [6.07, 6.45) is 4.45. The smallest absolute Gasteiger partial charge is 0.258 e. The molecular weight excluding hydrogens is 325 g/mol. The highest BCUT2D eigenvalue weighted by molar-refractivity contribution is 5.55. The molecule has 0 fully saturated rings. The van der Waals surface area contributed by atoms with Crippen molar-refractivity contribution in [2.24, 2.45) is 7.05 Å². The van der Waals surface area contributed by atoms with E-state index in [1.807, 2.05) is 13.2 Å². The number of nitrogens with two attached hydrogens (primary N) is 1. The van der Waals surface area contributed by atoms with Gasteiger partial charge in [-0.15, -0.1) is 0 Å². The Morgan fingerprint density at radius 2 is 2.04 bits per heavy atom. The molecule has 0 aliphatic carbocycles. The van der Waals surface area contributed by atoms with Crippen LogP contribution in [0, 0.1) is 5.82 Å². The zero-order valence-electron chi connectivity index (χ0n) is 14.1. The van der Waals surface area contributed by atoms with Gasteiger partial charge >= 0.3 is 0 Å². The van der Waals surface area contributed by atoms with Crippen molar-refractivity contribution >= 4 is 5.82 Å². The molecule has 2 heterocycles. The van der Waals surface area contributed by atoms with Gasteiger partial charge in [0, 0.05) is 18.8 Å². The molecule has 0 saturated carbocycles. The molecular formula is C17H18FN5O2. The summed E-state index contributed by atoms with van der Waals surface area (Å²) in [6, 6.07) is 4.23. The zero-order valence-corrected chi connectivity index (χ0v) is 14.1. The van der Waals surface area contributed by atoms with Crippen LogP contribution in [0.5, 0.6) is 11.6 Å². The van der Waals surface area contributed by atoms with Crippen LogP contribution in [0.25, 0.3) is 11.4 Å². The lowest BCUT2D eigenvalue weighted by Gasteiger charge is -2.18. The summed E-state index contributed by atoms with van der Waals surface area (Å²) in [7, 11) is 3.37. The Bertz CT molecular complexity index is 896. The summed E-state index contributed by atoms with van der Waals surface area (Å²) < 4.78 is 26.5. The van der Waals surface area contributed by atoms with Gasteiger partial charge in [0.15, 0.2) is 5.82 Å². The zero-order chi connectivity index (χ0) is 18.0. The first-order chi connectivity index (χ1) is 12.0. The van der Waals surface area contributed by atoms with Crippen molar-refractivity contribution in [1.82, 2.24) is 19.5 Å². The molecule has 0 radical (unpaired) electrons. The molecule has 1 atom stereocenters. The minimum absolute atomic E-state index is 0.141. The van der Waals surface area contributed by atoms with Crippen LogP contribution in [0.2, 0.25) is 0 Å². The minimum Gasteiger partial charge on any atom is -0.496 e. The molecule has 7 nitrogen and oxygen atoms in total. The van der Waals surface area contributed by atoms with Crippen molar-refractivity contribution < 1.29 is 13.9 Å². The van der Waals surface area contributed by atoms with Crippen molar-refractivity contribution in [2.45, 2.75) is 13.0 Å². The number of rotatable bonds is 5. The maximum absolute atomic E-state index is 13.6. The fraction of sp³-hybridized carbons (Fsp3) is 0.235. The molecule has 0 amide bonds. The molecule has 8 heteroatoms. The fourth-order valence-electron chi connectivity index (χ4n) is 2.39. The number of methoxy groups -OCH3 is 1. The van der Waals surface area contributed by atoms with E-state index in [1.165, 1.54) is 25.4 Å². The van der Waals surface area contributed by atoms with E-state index >= 15 is 0 Å². The number of benzene rings is 1. The van der Waals surface area contributed by atoms with Crippen LogP contribution in [0.1, 0.15) is 18.6 Å². The first-order valence-electron chi connectivity index (χ1n) is 7.59. The fourth-order valence-corrected chi connectivity index (χ4v) is 2.39. The molecule has 3 rings (SSSR count). The second-order valence-corrected chi connectivity index (χ2v) is 5.52. The third-order valence-corrected chi connectivity index (χ3v) is 3.65. The van der Waals surface area contributed by atoms with Gasteiger partial charge < -0.3 is 19.8 Å². The highest BCUT2D eigenvalue weighted by Gasteiger charge is 2.18. The summed E-state index contributed by atoms with van der Waals surface area (Å²) in [5, 5.41) is 0. The molecule has 0 aliphatic rings. The third-order valence-electron chi connectivity index (χ3n) is 3.65. The number of aromatic nitrogens is 4. The summed E-state index contributed by atoms with van der Waals surface area (Å²) in [5.74, 6) is 0.428. The van der Waals surface area contributed by atoms with E-state index in [1.54, 1.807) is 23.9 Å². The normalized spacial score (nSPS) is 12.0. The van der Waals surface area contributed by atoms with E-state index in [0.29, 0.717) is 22.7 Å². The van der Waals surface area contributed by atoms with E-state index in [4.69, 9.17) is 15.2 Å². The van der Waals surface area contributed by atoms with E-state index < -0.39 is 6.10 Å². The van der Waals surface area contributed by atoms with Gasteiger partial charge in [-0.05, 0) is 25.1 Å². The van der Waals surface area contributed by atoms with Gasteiger partial charge in [-0.25, -0.2) is 19.3 Å². The van der Waals surface area contributed by atoms with E-state index in [2.05, 4.69) is 15.0 Å². The van der Waals surface area contributed by atoms with Crippen molar-refractivity contribution in [3.8, 4) is 23.0 Å². The van der Waals surface area contributed by atoms with Crippen LogP contribution in [-0.4, -0.2) is 26.6 Å². The number of nitrogen functional groups attached to an aromatic ring is 1. The number of ether oxygens (including phenoxy) is 2. The lowest BCUT2D eigenvalue weighted by molar-refractivity contribution is 0.212. The minimum atomic E-state index is -0.541. The lowest BCUT2D eigenvalue weighted by Crippen LogP contribution is -2.09. The third kappa shape index (κ3) is 3.52. The monoisotopic (exact) mass is 343 g/mol. The number of hydrogen-bond donors (Lipinski definition) is 1. The Morgan fingerprint density at radius 3 is 2.72 bits per heavy atom. The van der Waals surface area contributed by atoms with Crippen molar-refractivity contribution in [3.63, 3.8) is 0 Å². The summed E-state index contributed by atoms with van der Waals surface area (Å²) in [5.41, 5.74) is 7.60. The van der Waals surface area contributed by atoms with Crippen LogP contribution in [-0.2, 0) is 7.05 Å². The van der Waals surface area contributed by atoms with Crippen LogP contribution in [0.15, 0.2) is 36.9 Å². The van der Waals surface area contributed by atoms with Gasteiger partial charge in [0.1, 0.15) is 29.1 Å². The first-order valence-corrected chi connectivity index (χ1v) is 7.59. The van der Waals surface area contributed by atoms with Crippen molar-refractivity contribution in [2.75, 3.05) is 12.8 Å². The maximum Gasteiger partial charge on any atom is 0.258 e. The molecule has 2 aromatic heterocycles. The van der Waals surface area contributed by atoms with Crippen molar-refractivity contribution in [3.05, 3.63) is 48.3 Å². The van der Waals surface area contributed by atoms with Gasteiger partial charge in [-0.3, -0.25) is 0 Å². The van der Waals surface area contributed by atoms with Crippen LogP contribution in [0.3, 0.4) is 0 Å². The molecule has 0 aliphatic heterocycles. The predicted octanol–water partition coefficient (Wildman–Crippen LogP) is 2.75. The molecule has 2 N–H and O–H groups in total. The first kappa shape index (κ1) is 16.7. The van der Waals surface area contributed by atoms with Gasteiger partial charge in [0.25, 0.3) is 5.88 Å². The summed E-state index contributed by atoms with van der Waals surface area (Å²) in [4.78, 5) is 12.7. The Labute approximate surface area is 144 Å². The number of hydrogen-bond acceptors (Lipinski definition) is 6. The standard InChI is InChI=1S/C17H18FN5O2/c1-10(12-6-11(18)4-5-15(12)24-3)25-17-16(19)20-7-13(22-17)14-8-23(2)9-21-14/h4-10H,1-3H3,(H2,19,20). The largest absolute Gasteiger partial charge is 0.496 e. The number of nitrogens with zero attached hydrogens (tertiary/aromatic N) is 4.